The Morgan fingerprint density at radius 2 is 1.97 bits per heavy atom. The summed E-state index contributed by atoms with van der Waals surface area (Å²) in [4.78, 5) is 34.8. The van der Waals surface area contributed by atoms with Crippen LogP contribution in [0.2, 0.25) is 0 Å². The van der Waals surface area contributed by atoms with E-state index in [0.29, 0.717) is 23.4 Å². The van der Waals surface area contributed by atoms with Gasteiger partial charge in [0.1, 0.15) is 23.1 Å². The fraction of sp³-hybridized carbons (Fsp3) is 0.160. The molecule has 2 aromatic heterocycles. The third-order valence-corrected chi connectivity index (χ3v) is 5.84. The first-order chi connectivity index (χ1) is 17.1. The standard InChI is InChI=1S/C25H21N5O4S/c1-2-33-24(31)16-30(22-5-3-4-12-27-22)25(32)34-19-10-11-21-20(13-19)29-23(35-21)15-28-18-8-6-17(14-26)7-9-18/h3-13,28H,2,15-16H2,1H3. The molecule has 176 valence electrons. The Morgan fingerprint density at radius 1 is 1.14 bits per heavy atom. The van der Waals surface area contributed by atoms with E-state index in [1.807, 2.05) is 18.2 Å². The molecule has 1 N–H and O–H groups in total. The number of hydrogen-bond donors (Lipinski definition) is 1. The van der Waals surface area contributed by atoms with Crippen LogP contribution in [0.4, 0.5) is 16.3 Å². The summed E-state index contributed by atoms with van der Waals surface area (Å²) in [5.74, 6) is 0.00473. The maximum absolute atomic E-state index is 12.9. The van der Waals surface area contributed by atoms with Crippen molar-refractivity contribution in [3.8, 4) is 11.8 Å². The van der Waals surface area contributed by atoms with Crippen molar-refractivity contribution < 1.29 is 19.1 Å². The Kier molecular flexibility index (Phi) is 7.50. The minimum atomic E-state index is -0.756. The third-order valence-electron chi connectivity index (χ3n) is 4.80. The lowest BCUT2D eigenvalue weighted by molar-refractivity contribution is -0.141. The zero-order valence-corrected chi connectivity index (χ0v) is 19.6. The molecule has 4 rings (SSSR count). The molecule has 2 aromatic carbocycles. The number of esters is 1. The molecule has 0 aliphatic rings. The van der Waals surface area contributed by atoms with Gasteiger partial charge in [-0.1, -0.05) is 6.07 Å². The van der Waals surface area contributed by atoms with Crippen molar-refractivity contribution in [1.29, 1.82) is 5.26 Å². The molecule has 10 heteroatoms. The van der Waals surface area contributed by atoms with E-state index in [9.17, 15) is 9.59 Å². The van der Waals surface area contributed by atoms with E-state index in [4.69, 9.17) is 14.7 Å². The number of nitrogens with one attached hydrogen (secondary N) is 1. The van der Waals surface area contributed by atoms with Crippen LogP contribution in [-0.4, -0.2) is 35.2 Å². The van der Waals surface area contributed by atoms with E-state index in [1.165, 1.54) is 17.5 Å². The average molecular weight is 488 g/mol. The Labute approximate surface area is 205 Å². The molecule has 1 amide bonds. The van der Waals surface area contributed by atoms with Gasteiger partial charge in [0.05, 0.1) is 35.0 Å². The molecule has 0 bridgehead atoms. The minimum absolute atomic E-state index is 0.201. The highest BCUT2D eigenvalue weighted by atomic mass is 32.1. The topological polar surface area (TPSA) is 117 Å². The third kappa shape index (κ3) is 6.10. The summed E-state index contributed by atoms with van der Waals surface area (Å²) < 4.78 is 11.5. The maximum atomic E-state index is 12.9. The number of benzene rings is 2. The number of rotatable bonds is 8. The van der Waals surface area contributed by atoms with Gasteiger partial charge >= 0.3 is 12.1 Å². The predicted molar refractivity (Wildman–Crippen MR) is 132 cm³/mol. The van der Waals surface area contributed by atoms with Crippen LogP contribution >= 0.6 is 11.3 Å². The smallest absolute Gasteiger partial charge is 0.421 e. The first-order valence-electron chi connectivity index (χ1n) is 10.7. The van der Waals surface area contributed by atoms with E-state index < -0.39 is 12.1 Å². The van der Waals surface area contributed by atoms with Crippen molar-refractivity contribution in [3.05, 3.63) is 77.4 Å². The van der Waals surface area contributed by atoms with Crippen LogP contribution in [0.3, 0.4) is 0 Å². The molecular weight excluding hydrogens is 466 g/mol. The van der Waals surface area contributed by atoms with Gasteiger partial charge in [-0.15, -0.1) is 11.3 Å². The number of pyridine rings is 1. The molecular formula is C25H21N5O4S. The number of nitrogens with zero attached hydrogens (tertiary/aromatic N) is 4. The van der Waals surface area contributed by atoms with Crippen molar-refractivity contribution >= 4 is 45.1 Å². The fourth-order valence-corrected chi connectivity index (χ4v) is 4.07. The second-order valence-electron chi connectivity index (χ2n) is 7.23. The molecule has 0 saturated heterocycles. The highest BCUT2D eigenvalue weighted by Gasteiger charge is 2.23. The Morgan fingerprint density at radius 3 is 2.69 bits per heavy atom. The van der Waals surface area contributed by atoms with Crippen LogP contribution in [0.15, 0.2) is 66.9 Å². The molecule has 0 spiro atoms. The van der Waals surface area contributed by atoms with Crippen molar-refractivity contribution in [3.63, 3.8) is 0 Å². The van der Waals surface area contributed by atoms with Crippen LogP contribution in [0, 0.1) is 11.3 Å². The van der Waals surface area contributed by atoms with Crippen LogP contribution in [0.25, 0.3) is 10.2 Å². The molecule has 0 unspecified atom stereocenters. The van der Waals surface area contributed by atoms with E-state index >= 15 is 0 Å². The summed E-state index contributed by atoms with van der Waals surface area (Å²) in [5, 5.41) is 13.0. The number of nitriles is 1. The molecule has 0 atom stereocenters. The monoisotopic (exact) mass is 487 g/mol. The lowest BCUT2D eigenvalue weighted by Crippen LogP contribution is -2.39. The summed E-state index contributed by atoms with van der Waals surface area (Å²) in [6, 6.07) is 19.5. The normalized spacial score (nSPS) is 10.4. The second-order valence-corrected chi connectivity index (χ2v) is 8.34. The summed E-state index contributed by atoms with van der Waals surface area (Å²) >= 11 is 1.52. The van der Waals surface area contributed by atoms with Gasteiger partial charge in [-0.2, -0.15) is 5.26 Å². The summed E-state index contributed by atoms with van der Waals surface area (Å²) in [7, 11) is 0. The zero-order chi connectivity index (χ0) is 24.6. The molecule has 35 heavy (non-hydrogen) atoms. The van der Waals surface area contributed by atoms with Gasteiger partial charge in [0.2, 0.25) is 0 Å². The Balaban J connectivity index is 1.46. The van der Waals surface area contributed by atoms with Crippen molar-refractivity contribution in [2.45, 2.75) is 13.5 Å². The molecule has 9 nitrogen and oxygen atoms in total. The van der Waals surface area contributed by atoms with E-state index in [2.05, 4.69) is 21.4 Å². The molecule has 0 saturated carbocycles. The van der Waals surface area contributed by atoms with Crippen LogP contribution in [0.1, 0.15) is 17.5 Å². The number of carbonyl (C=O) groups excluding carboxylic acids is 2. The second kappa shape index (κ2) is 11.1. The Hall–Kier alpha value is -4.49. The number of hydrogen-bond acceptors (Lipinski definition) is 9. The van der Waals surface area contributed by atoms with Gasteiger partial charge in [-0.3, -0.25) is 4.79 Å². The number of fused-ring (bicyclic) bond motifs is 1. The number of thiazole rings is 1. The number of anilines is 2. The lowest BCUT2D eigenvalue weighted by atomic mass is 10.2. The molecule has 4 aromatic rings. The van der Waals surface area contributed by atoms with Gasteiger partial charge in [-0.05, 0) is 55.5 Å². The van der Waals surface area contributed by atoms with Gasteiger partial charge in [0, 0.05) is 18.0 Å². The minimum Gasteiger partial charge on any atom is -0.465 e. The molecule has 0 aliphatic carbocycles. The molecule has 0 radical (unpaired) electrons. The Bertz CT molecular complexity index is 1370. The maximum Gasteiger partial charge on any atom is 0.421 e. The fourth-order valence-electron chi connectivity index (χ4n) is 3.18. The number of ether oxygens (including phenoxy) is 2. The molecule has 0 fully saturated rings. The first-order valence-corrected chi connectivity index (χ1v) is 11.6. The summed E-state index contributed by atoms with van der Waals surface area (Å²) in [5.41, 5.74) is 2.17. The zero-order valence-electron chi connectivity index (χ0n) is 18.8. The number of aromatic nitrogens is 2. The van der Waals surface area contributed by atoms with E-state index in [-0.39, 0.29) is 19.0 Å². The quantitative estimate of drug-likeness (QED) is 0.354. The van der Waals surface area contributed by atoms with Crippen molar-refractivity contribution in [2.24, 2.45) is 0 Å². The van der Waals surface area contributed by atoms with Gasteiger partial charge in [0.25, 0.3) is 0 Å². The first kappa shape index (κ1) is 23.7. The summed E-state index contributed by atoms with van der Waals surface area (Å²) in [6.07, 6.45) is 0.768. The van der Waals surface area contributed by atoms with Crippen LogP contribution in [-0.2, 0) is 16.1 Å². The van der Waals surface area contributed by atoms with E-state index in [0.717, 1.165) is 20.3 Å². The SMILES string of the molecule is CCOC(=O)CN(C(=O)Oc1ccc2sc(CNc3ccc(C#N)cc3)nc2c1)c1ccccn1. The van der Waals surface area contributed by atoms with Crippen LogP contribution < -0.4 is 15.0 Å². The van der Waals surface area contributed by atoms with Crippen LogP contribution in [0.5, 0.6) is 5.75 Å². The van der Waals surface area contributed by atoms with Crippen molar-refractivity contribution in [2.75, 3.05) is 23.4 Å². The average Bonchev–Trinajstić information content (AvgIpc) is 3.29. The van der Waals surface area contributed by atoms with Crippen molar-refractivity contribution in [1.82, 2.24) is 9.97 Å². The molecule has 0 aliphatic heterocycles. The van der Waals surface area contributed by atoms with E-state index in [1.54, 1.807) is 49.4 Å². The summed E-state index contributed by atoms with van der Waals surface area (Å²) in [6.45, 7) is 2.08. The highest BCUT2D eigenvalue weighted by Crippen LogP contribution is 2.27. The van der Waals surface area contributed by atoms with Gasteiger partial charge in [-0.25, -0.2) is 19.7 Å². The highest BCUT2D eigenvalue weighted by molar-refractivity contribution is 7.18. The number of amides is 1. The predicted octanol–water partition coefficient (Wildman–Crippen LogP) is 4.74. The number of carbonyl (C=O) groups is 2. The van der Waals surface area contributed by atoms with Gasteiger partial charge in [0.15, 0.2) is 0 Å². The molecule has 2 heterocycles. The largest absolute Gasteiger partial charge is 0.465 e. The lowest BCUT2D eigenvalue weighted by Gasteiger charge is -2.20. The van der Waals surface area contributed by atoms with Gasteiger partial charge < -0.3 is 14.8 Å².